The molecule has 7 nitrogen and oxygen atoms in total. The third-order valence-electron chi connectivity index (χ3n) is 3.82. The zero-order chi connectivity index (χ0) is 18.6. The van der Waals surface area contributed by atoms with Gasteiger partial charge in [0.15, 0.2) is 0 Å². The standard InChI is InChI=1S/C18H24N2O5/c1-18(2,3)25-17(24)20-11-13-7-5-4-6-12(13)10-14(20)16(23)19-9-8-15(21)22/h4-7,14H,8-11H2,1-3H3,(H,19,23)(H,21,22)/t14-/m0/s1. The molecule has 0 fully saturated rings. The lowest BCUT2D eigenvalue weighted by molar-refractivity contribution is -0.137. The summed E-state index contributed by atoms with van der Waals surface area (Å²) < 4.78 is 5.43. The van der Waals surface area contributed by atoms with Crippen molar-refractivity contribution in [2.24, 2.45) is 0 Å². The monoisotopic (exact) mass is 348 g/mol. The minimum Gasteiger partial charge on any atom is -0.481 e. The van der Waals surface area contributed by atoms with Crippen LogP contribution in [0, 0.1) is 0 Å². The molecule has 136 valence electrons. The maximum Gasteiger partial charge on any atom is 0.411 e. The topological polar surface area (TPSA) is 95.9 Å². The van der Waals surface area contributed by atoms with Crippen LogP contribution in [0.25, 0.3) is 0 Å². The molecule has 0 aliphatic carbocycles. The first-order valence-corrected chi connectivity index (χ1v) is 8.23. The van der Waals surface area contributed by atoms with Crippen LogP contribution in [-0.4, -0.2) is 46.2 Å². The molecule has 0 saturated carbocycles. The van der Waals surface area contributed by atoms with Gasteiger partial charge >= 0.3 is 12.1 Å². The zero-order valence-electron chi connectivity index (χ0n) is 14.7. The fourth-order valence-electron chi connectivity index (χ4n) is 2.68. The number of carbonyl (C=O) groups is 3. The Labute approximate surface area is 147 Å². The fraction of sp³-hybridized carbons (Fsp3) is 0.500. The summed E-state index contributed by atoms with van der Waals surface area (Å²) in [4.78, 5) is 37.1. The van der Waals surface area contributed by atoms with Crippen molar-refractivity contribution >= 4 is 18.0 Å². The molecule has 0 bridgehead atoms. The minimum atomic E-state index is -0.988. The van der Waals surface area contributed by atoms with Crippen molar-refractivity contribution in [3.63, 3.8) is 0 Å². The summed E-state index contributed by atoms with van der Waals surface area (Å²) >= 11 is 0. The molecule has 0 aromatic heterocycles. The Hall–Kier alpha value is -2.57. The van der Waals surface area contributed by atoms with E-state index in [1.54, 1.807) is 20.8 Å². The molecule has 1 atom stereocenters. The van der Waals surface area contributed by atoms with Gasteiger partial charge in [0.2, 0.25) is 5.91 Å². The SMILES string of the molecule is CC(C)(C)OC(=O)N1Cc2ccccc2C[C@H]1C(=O)NCCC(=O)O. The van der Waals surface area contributed by atoms with Crippen molar-refractivity contribution in [2.75, 3.05) is 6.54 Å². The van der Waals surface area contributed by atoms with Crippen molar-refractivity contribution < 1.29 is 24.2 Å². The van der Waals surface area contributed by atoms with E-state index in [1.807, 2.05) is 24.3 Å². The number of hydrogen-bond acceptors (Lipinski definition) is 4. The zero-order valence-corrected chi connectivity index (χ0v) is 14.7. The van der Waals surface area contributed by atoms with Crippen molar-refractivity contribution in [3.05, 3.63) is 35.4 Å². The molecule has 2 rings (SSSR count). The Kier molecular flexibility index (Phi) is 5.66. The smallest absolute Gasteiger partial charge is 0.411 e. The quantitative estimate of drug-likeness (QED) is 0.867. The van der Waals surface area contributed by atoms with Gasteiger partial charge in [-0.25, -0.2) is 4.79 Å². The second-order valence-electron chi connectivity index (χ2n) is 7.03. The third kappa shape index (κ3) is 5.20. The predicted molar refractivity (Wildman–Crippen MR) is 91.0 cm³/mol. The third-order valence-corrected chi connectivity index (χ3v) is 3.82. The molecule has 0 unspecified atom stereocenters. The van der Waals surface area contributed by atoms with Gasteiger partial charge in [0, 0.05) is 13.0 Å². The number of hydrogen-bond donors (Lipinski definition) is 2. The van der Waals surface area contributed by atoms with E-state index in [-0.39, 0.29) is 25.4 Å². The number of benzene rings is 1. The predicted octanol–water partition coefficient (Wildman–Crippen LogP) is 1.94. The highest BCUT2D eigenvalue weighted by Gasteiger charge is 2.36. The number of rotatable bonds is 4. The summed E-state index contributed by atoms with van der Waals surface area (Å²) in [5.74, 6) is -1.36. The Morgan fingerprint density at radius 3 is 2.48 bits per heavy atom. The van der Waals surface area contributed by atoms with Crippen LogP contribution >= 0.6 is 0 Å². The van der Waals surface area contributed by atoms with Crippen molar-refractivity contribution in [1.29, 1.82) is 0 Å². The average Bonchev–Trinajstić information content (AvgIpc) is 2.51. The Morgan fingerprint density at radius 1 is 1.24 bits per heavy atom. The van der Waals surface area contributed by atoms with Crippen LogP contribution in [0.5, 0.6) is 0 Å². The van der Waals surface area contributed by atoms with Crippen LogP contribution in [-0.2, 0) is 27.3 Å². The van der Waals surface area contributed by atoms with Crippen LogP contribution in [0.1, 0.15) is 38.3 Å². The normalized spacial score (nSPS) is 16.8. The maximum atomic E-state index is 12.6. The Bertz CT molecular complexity index is 666. The molecule has 0 spiro atoms. The first-order chi connectivity index (χ1) is 11.7. The summed E-state index contributed by atoms with van der Waals surface area (Å²) in [5.41, 5.74) is 1.31. The summed E-state index contributed by atoms with van der Waals surface area (Å²) in [6, 6.07) is 6.91. The number of amides is 2. The highest BCUT2D eigenvalue weighted by Crippen LogP contribution is 2.25. The van der Waals surface area contributed by atoms with E-state index in [0.717, 1.165) is 11.1 Å². The van der Waals surface area contributed by atoms with Crippen molar-refractivity contribution in [1.82, 2.24) is 10.2 Å². The van der Waals surface area contributed by atoms with Gasteiger partial charge in [-0.15, -0.1) is 0 Å². The largest absolute Gasteiger partial charge is 0.481 e. The first kappa shape index (κ1) is 18.8. The summed E-state index contributed by atoms with van der Waals surface area (Å²) in [6.07, 6.45) is -0.351. The number of carbonyl (C=O) groups excluding carboxylic acids is 2. The van der Waals surface area contributed by atoms with Crippen LogP contribution in [0.4, 0.5) is 4.79 Å². The lowest BCUT2D eigenvalue weighted by atomic mass is 9.94. The summed E-state index contributed by atoms with van der Waals surface area (Å²) in [7, 11) is 0. The first-order valence-electron chi connectivity index (χ1n) is 8.23. The second kappa shape index (κ2) is 7.55. The van der Waals surface area contributed by atoms with E-state index in [9.17, 15) is 14.4 Å². The number of carboxylic acid groups (broad SMARTS) is 1. The van der Waals surface area contributed by atoms with Crippen molar-refractivity contribution in [3.8, 4) is 0 Å². The molecular formula is C18H24N2O5. The molecule has 2 amide bonds. The van der Waals surface area contributed by atoms with Crippen LogP contribution in [0.3, 0.4) is 0 Å². The van der Waals surface area contributed by atoms with Crippen molar-refractivity contribution in [2.45, 2.75) is 51.8 Å². The highest BCUT2D eigenvalue weighted by atomic mass is 16.6. The molecule has 1 aromatic carbocycles. The number of carboxylic acids is 1. The van der Waals surface area contributed by atoms with Crippen LogP contribution in [0.15, 0.2) is 24.3 Å². The molecule has 1 aliphatic rings. The van der Waals surface area contributed by atoms with Gasteiger partial charge in [-0.05, 0) is 31.9 Å². The van der Waals surface area contributed by atoms with Crippen LogP contribution < -0.4 is 5.32 Å². The number of aliphatic carboxylic acids is 1. The van der Waals surface area contributed by atoms with Gasteiger partial charge in [0.1, 0.15) is 11.6 Å². The molecule has 1 aromatic rings. The summed E-state index contributed by atoms with van der Waals surface area (Å²) in [5, 5.41) is 11.3. The molecule has 1 aliphatic heterocycles. The molecule has 0 saturated heterocycles. The van der Waals surface area contributed by atoms with Gasteiger partial charge in [-0.2, -0.15) is 0 Å². The van der Waals surface area contributed by atoms with E-state index in [1.165, 1.54) is 4.90 Å². The molecule has 2 N–H and O–H groups in total. The number of nitrogens with one attached hydrogen (secondary N) is 1. The lowest BCUT2D eigenvalue weighted by Gasteiger charge is -2.36. The number of nitrogens with zero attached hydrogens (tertiary/aromatic N) is 1. The van der Waals surface area contributed by atoms with E-state index >= 15 is 0 Å². The van der Waals surface area contributed by atoms with Crippen LogP contribution in [0.2, 0.25) is 0 Å². The summed E-state index contributed by atoms with van der Waals surface area (Å²) in [6.45, 7) is 5.61. The van der Waals surface area contributed by atoms with Gasteiger partial charge in [-0.1, -0.05) is 24.3 Å². The molecule has 7 heteroatoms. The lowest BCUT2D eigenvalue weighted by Crippen LogP contribution is -2.53. The van der Waals surface area contributed by atoms with E-state index < -0.39 is 23.7 Å². The molecule has 25 heavy (non-hydrogen) atoms. The van der Waals surface area contributed by atoms with Gasteiger partial charge < -0.3 is 15.2 Å². The maximum absolute atomic E-state index is 12.6. The fourth-order valence-corrected chi connectivity index (χ4v) is 2.68. The molecular weight excluding hydrogens is 324 g/mol. The average molecular weight is 348 g/mol. The van der Waals surface area contributed by atoms with E-state index in [0.29, 0.717) is 6.42 Å². The van der Waals surface area contributed by atoms with Gasteiger partial charge in [-0.3, -0.25) is 14.5 Å². The van der Waals surface area contributed by atoms with E-state index in [4.69, 9.17) is 9.84 Å². The minimum absolute atomic E-state index is 0.0223. The molecule has 0 radical (unpaired) electrons. The number of fused-ring (bicyclic) bond motifs is 1. The molecule has 1 heterocycles. The Balaban J connectivity index is 2.18. The Morgan fingerprint density at radius 2 is 1.88 bits per heavy atom. The second-order valence-corrected chi connectivity index (χ2v) is 7.03. The highest BCUT2D eigenvalue weighted by molar-refractivity contribution is 5.87. The van der Waals surface area contributed by atoms with Gasteiger partial charge in [0.25, 0.3) is 0 Å². The van der Waals surface area contributed by atoms with Gasteiger partial charge in [0.05, 0.1) is 13.0 Å². The van der Waals surface area contributed by atoms with E-state index in [2.05, 4.69) is 5.32 Å². The number of ether oxygens (including phenoxy) is 1.